The summed E-state index contributed by atoms with van der Waals surface area (Å²) in [6.45, 7) is 0. The first-order chi connectivity index (χ1) is 21.8. The number of halogens is 2. The van der Waals surface area contributed by atoms with Crippen LogP contribution in [-0.2, 0) is 51.5 Å². The van der Waals surface area contributed by atoms with Crippen molar-refractivity contribution in [2.24, 2.45) is 0 Å². The van der Waals surface area contributed by atoms with Crippen LogP contribution < -0.4 is 24.8 Å². The predicted molar refractivity (Wildman–Crippen MR) is 195 cm³/mol. The molecule has 5 heteroatoms. The molecule has 232 valence electrons. The van der Waals surface area contributed by atoms with E-state index >= 15 is 0 Å². The fourth-order valence-corrected chi connectivity index (χ4v) is 14.1. The van der Waals surface area contributed by atoms with Crippen molar-refractivity contribution in [2.45, 2.75) is 51.4 Å². The molecule has 6 aromatic carbocycles. The first-order valence-corrected chi connectivity index (χ1v) is 19.1. The van der Waals surface area contributed by atoms with E-state index in [1.165, 1.54) is 72.9 Å². The van der Waals surface area contributed by atoms with E-state index in [2.05, 4.69) is 121 Å². The van der Waals surface area contributed by atoms with Crippen molar-refractivity contribution in [1.29, 1.82) is 0 Å². The van der Waals surface area contributed by atoms with Crippen LogP contribution >= 0.6 is 15.1 Å². The molecule has 0 radical (unpaired) electrons. The van der Waals surface area contributed by atoms with Gasteiger partial charge in [-0.3, -0.25) is 0 Å². The van der Waals surface area contributed by atoms with Crippen LogP contribution in [0.4, 0.5) is 0 Å². The molecule has 2 unspecified atom stereocenters. The molecule has 0 saturated heterocycles. The largest absolute Gasteiger partial charge is 4.00 e. The molecule has 0 fully saturated rings. The van der Waals surface area contributed by atoms with E-state index < -0.39 is 0 Å². The summed E-state index contributed by atoms with van der Waals surface area (Å²) in [5, 5.41) is 18.5. The number of benzene rings is 4. The Morgan fingerprint density at radius 3 is 1.28 bits per heavy atom. The molecule has 2 heterocycles. The Morgan fingerprint density at radius 1 is 0.447 bits per heavy atom. The summed E-state index contributed by atoms with van der Waals surface area (Å²) in [5.74, 6) is 0. The third-order valence-corrected chi connectivity index (χ3v) is 15.4. The van der Waals surface area contributed by atoms with Gasteiger partial charge in [0.15, 0.2) is 0 Å². The van der Waals surface area contributed by atoms with Gasteiger partial charge in [0.2, 0.25) is 0 Å². The van der Waals surface area contributed by atoms with Crippen molar-refractivity contribution in [3.05, 3.63) is 143 Å². The van der Waals surface area contributed by atoms with Crippen LogP contribution in [0.2, 0.25) is 0 Å². The van der Waals surface area contributed by atoms with Crippen molar-refractivity contribution in [3.8, 4) is 10.6 Å². The van der Waals surface area contributed by atoms with Gasteiger partial charge in [0.1, 0.15) is 0 Å². The standard InChI is InChI=1S/2C21H18P.2ClH.Hf/c2*1-2-8-16-14-17(13-15(16)7-1)22-20-11-5-3-9-18(20)19-10-4-6-12-21(19)22;;;/h2*1-3,5,7-9,11,13-14H,4,6,10,12H2;2*1H;/q2*-1;;;+4/p-2. The zero-order valence-electron chi connectivity index (χ0n) is 26.4. The quantitative estimate of drug-likeness (QED) is 0.128. The molecule has 0 aliphatic heterocycles. The van der Waals surface area contributed by atoms with Gasteiger partial charge in [0.25, 0.3) is 0 Å². The van der Waals surface area contributed by atoms with E-state index in [0.29, 0.717) is 0 Å². The Bertz CT molecular complexity index is 2080. The summed E-state index contributed by atoms with van der Waals surface area (Å²) in [4.78, 5) is 0. The number of aryl methyl sites for hydroxylation is 2. The molecular weight excluding hydrogens is 816 g/mol. The number of fused-ring (bicyclic) bond motifs is 8. The zero-order valence-corrected chi connectivity index (χ0v) is 33.2. The second-order valence-electron chi connectivity index (χ2n) is 12.7. The van der Waals surface area contributed by atoms with E-state index in [9.17, 15) is 0 Å². The molecule has 0 saturated carbocycles. The van der Waals surface area contributed by atoms with Crippen molar-refractivity contribution in [3.63, 3.8) is 0 Å². The maximum Gasteiger partial charge on any atom is 4.00 e. The molecule has 0 spiro atoms. The first-order valence-electron chi connectivity index (χ1n) is 16.4. The molecular formula is C42H36Cl2HfP2. The molecule has 47 heavy (non-hydrogen) atoms. The molecule has 2 aliphatic carbocycles. The second kappa shape index (κ2) is 14.6. The minimum absolute atomic E-state index is 0. The van der Waals surface area contributed by atoms with Crippen LogP contribution in [0, 0.1) is 0 Å². The monoisotopic (exact) mass is 852 g/mol. The Hall–Kier alpha value is -2.37. The Balaban J connectivity index is 0.000000155. The molecule has 0 amide bonds. The molecule has 0 N–H and O–H groups in total. The summed E-state index contributed by atoms with van der Waals surface area (Å²) in [5.41, 5.74) is 3.36. The topological polar surface area (TPSA) is 0 Å². The fourth-order valence-electron chi connectivity index (χ4n) is 8.11. The summed E-state index contributed by atoms with van der Waals surface area (Å²) in [6, 6.07) is 45.6. The van der Waals surface area contributed by atoms with Crippen LogP contribution in [0.1, 0.15) is 47.4 Å². The van der Waals surface area contributed by atoms with Crippen LogP contribution in [0.15, 0.2) is 121 Å². The van der Waals surface area contributed by atoms with Crippen molar-refractivity contribution < 1.29 is 50.7 Å². The number of hydrogen-bond acceptors (Lipinski definition) is 0. The van der Waals surface area contributed by atoms with Gasteiger partial charge in [-0.1, -0.05) is 71.3 Å². The first kappa shape index (κ1) is 34.5. The summed E-state index contributed by atoms with van der Waals surface area (Å²) >= 11 is 0. The molecule has 0 nitrogen and oxygen atoms in total. The Kier molecular flexibility index (Phi) is 10.7. The van der Waals surface area contributed by atoms with Gasteiger partial charge < -0.3 is 24.8 Å². The molecule has 2 aromatic heterocycles. The third-order valence-electron chi connectivity index (χ3n) is 10.1. The minimum atomic E-state index is -0.281. The van der Waals surface area contributed by atoms with Gasteiger partial charge in [-0.05, 0) is 83.9 Å². The maximum atomic E-state index is 2.43. The summed E-state index contributed by atoms with van der Waals surface area (Å²) in [7, 11) is -0.561. The van der Waals surface area contributed by atoms with Crippen molar-refractivity contribution >= 4 is 57.6 Å². The zero-order chi connectivity index (χ0) is 29.0. The van der Waals surface area contributed by atoms with Gasteiger partial charge in [-0.25, -0.2) is 0 Å². The van der Waals surface area contributed by atoms with Gasteiger partial charge in [0, 0.05) is 10.2 Å². The molecule has 10 rings (SSSR count). The summed E-state index contributed by atoms with van der Waals surface area (Å²) in [6.07, 6.45) is 10.6. The van der Waals surface area contributed by atoms with E-state index in [1.54, 1.807) is 53.3 Å². The normalized spacial score (nSPS) is 14.4. The molecule has 2 atom stereocenters. The van der Waals surface area contributed by atoms with E-state index in [-0.39, 0.29) is 65.7 Å². The second-order valence-corrected chi connectivity index (χ2v) is 17.1. The Labute approximate surface area is 311 Å². The van der Waals surface area contributed by atoms with Crippen LogP contribution in [0.25, 0.3) is 53.2 Å². The minimum Gasteiger partial charge on any atom is -1.00 e. The van der Waals surface area contributed by atoms with E-state index in [1.807, 2.05) is 0 Å². The average Bonchev–Trinajstić information content (AvgIpc) is 3.85. The smallest absolute Gasteiger partial charge is 1.00 e. The van der Waals surface area contributed by atoms with Crippen LogP contribution in [0.3, 0.4) is 0 Å². The molecule has 8 aromatic rings. The Morgan fingerprint density at radius 2 is 0.830 bits per heavy atom. The number of rotatable bonds is 2. The summed E-state index contributed by atoms with van der Waals surface area (Å²) < 4.78 is 0. The van der Waals surface area contributed by atoms with E-state index in [4.69, 9.17) is 0 Å². The van der Waals surface area contributed by atoms with Gasteiger partial charge >= 0.3 is 25.8 Å². The average molecular weight is 852 g/mol. The van der Waals surface area contributed by atoms with Crippen LogP contribution in [-0.4, -0.2) is 0 Å². The molecule has 0 bridgehead atoms. The van der Waals surface area contributed by atoms with Gasteiger partial charge in [-0.2, -0.15) is 12.1 Å². The van der Waals surface area contributed by atoms with Crippen LogP contribution in [0.5, 0.6) is 0 Å². The molecule has 2 aliphatic rings. The van der Waals surface area contributed by atoms with Crippen molar-refractivity contribution in [1.82, 2.24) is 0 Å². The van der Waals surface area contributed by atoms with Crippen molar-refractivity contribution in [2.75, 3.05) is 0 Å². The number of hydrogen-bond donors (Lipinski definition) is 0. The SMILES string of the molecule is [Cl-].[Cl-].[Hf+4].c1ccc2[cH-]c(-p3c4c(c5ccccc53)CCCC4)cc2c1.c1ccc2[cH-]c(-p3c4c(c5ccccc53)CCCC4)cc2c1. The maximum absolute atomic E-state index is 2.43. The predicted octanol–water partition coefficient (Wildman–Crippen LogP) is 7.14. The fraction of sp³-hybridized carbons (Fsp3) is 0.190. The van der Waals surface area contributed by atoms with E-state index in [0.717, 1.165) is 0 Å². The third kappa shape index (κ3) is 6.07. The van der Waals surface area contributed by atoms with Gasteiger partial charge in [0.05, 0.1) is 0 Å². The van der Waals surface area contributed by atoms with Gasteiger partial charge in [-0.15, -0.1) is 85.1 Å².